The van der Waals surface area contributed by atoms with Gasteiger partial charge in [-0.05, 0) is 40.5 Å². The Bertz CT molecular complexity index is 515. The molecule has 1 aliphatic rings. The summed E-state index contributed by atoms with van der Waals surface area (Å²) in [6.07, 6.45) is 1.10. The van der Waals surface area contributed by atoms with E-state index in [1.807, 2.05) is 33.8 Å². The summed E-state index contributed by atoms with van der Waals surface area (Å²) in [5.41, 5.74) is 0.510. The van der Waals surface area contributed by atoms with Crippen LogP contribution in [0.1, 0.15) is 40.5 Å². The molecule has 1 rings (SSSR count). The van der Waals surface area contributed by atoms with Crippen LogP contribution in [0.5, 0.6) is 0 Å². The van der Waals surface area contributed by atoms with Gasteiger partial charge in [-0.25, -0.2) is 0 Å². The van der Waals surface area contributed by atoms with Crippen LogP contribution < -0.4 is 5.32 Å². The van der Waals surface area contributed by atoms with Crippen molar-refractivity contribution < 1.29 is 33.6 Å². The standard InChI is InChI=1S/C21H39NO7/c1-14(2)10-11-28-21(3,4)19-15(23)8-9-16(20(19)27-7)29-17(24)12-22-13-18(25-5)26-6/h10,15-16,18-20,22-23H,8-9,11-13H2,1-7H3/t15-,16-,19-,20-/m1/s1. The molecule has 0 amide bonds. The van der Waals surface area contributed by atoms with Crippen molar-refractivity contribution >= 4 is 5.97 Å². The number of esters is 1. The van der Waals surface area contributed by atoms with Crippen LogP contribution in [0.2, 0.25) is 0 Å². The molecule has 0 aromatic heterocycles. The molecule has 1 aliphatic carbocycles. The van der Waals surface area contributed by atoms with Crippen LogP contribution in [0, 0.1) is 5.92 Å². The van der Waals surface area contributed by atoms with Crippen LogP contribution in [0.25, 0.3) is 0 Å². The number of hydrogen-bond acceptors (Lipinski definition) is 8. The van der Waals surface area contributed by atoms with Crippen LogP contribution in [-0.2, 0) is 28.5 Å². The molecule has 4 atom stereocenters. The molecule has 0 aromatic carbocycles. The molecular weight excluding hydrogens is 378 g/mol. The van der Waals surface area contributed by atoms with Crippen LogP contribution in [-0.4, -0.2) is 82.3 Å². The third kappa shape index (κ3) is 8.32. The molecular formula is C21H39NO7. The summed E-state index contributed by atoms with van der Waals surface area (Å²) in [7, 11) is 4.64. The Morgan fingerprint density at radius 3 is 2.41 bits per heavy atom. The number of ether oxygens (including phenoxy) is 5. The number of carbonyl (C=O) groups is 1. The van der Waals surface area contributed by atoms with Gasteiger partial charge in [0.25, 0.3) is 0 Å². The summed E-state index contributed by atoms with van der Waals surface area (Å²) >= 11 is 0. The molecule has 0 spiro atoms. The number of hydrogen-bond donors (Lipinski definition) is 2. The molecule has 0 aliphatic heterocycles. The minimum absolute atomic E-state index is 0.0316. The van der Waals surface area contributed by atoms with E-state index in [0.29, 0.717) is 26.0 Å². The van der Waals surface area contributed by atoms with Crippen molar-refractivity contribution in [3.8, 4) is 0 Å². The molecule has 29 heavy (non-hydrogen) atoms. The Morgan fingerprint density at radius 1 is 1.21 bits per heavy atom. The summed E-state index contributed by atoms with van der Waals surface area (Å²) in [4.78, 5) is 12.3. The van der Waals surface area contributed by atoms with Gasteiger partial charge in [0.05, 0.1) is 24.9 Å². The van der Waals surface area contributed by atoms with Gasteiger partial charge >= 0.3 is 5.97 Å². The quantitative estimate of drug-likeness (QED) is 0.281. The Morgan fingerprint density at radius 2 is 1.86 bits per heavy atom. The zero-order chi connectivity index (χ0) is 22.0. The first kappa shape index (κ1) is 26.0. The molecule has 170 valence electrons. The molecule has 0 radical (unpaired) electrons. The van der Waals surface area contributed by atoms with Gasteiger partial charge in [-0.3, -0.25) is 4.79 Å². The van der Waals surface area contributed by atoms with Crippen LogP contribution in [0.4, 0.5) is 0 Å². The molecule has 2 N–H and O–H groups in total. The molecule has 0 bridgehead atoms. The topological polar surface area (TPSA) is 95.5 Å². The number of allylic oxidation sites excluding steroid dienone is 1. The average molecular weight is 418 g/mol. The maximum Gasteiger partial charge on any atom is 0.320 e. The lowest BCUT2D eigenvalue weighted by molar-refractivity contribution is -0.199. The van der Waals surface area contributed by atoms with E-state index in [-0.39, 0.29) is 18.4 Å². The average Bonchev–Trinajstić information content (AvgIpc) is 2.65. The first-order valence-corrected chi connectivity index (χ1v) is 10.1. The van der Waals surface area contributed by atoms with E-state index in [2.05, 4.69) is 5.32 Å². The van der Waals surface area contributed by atoms with Crippen LogP contribution in [0.3, 0.4) is 0 Å². The van der Waals surface area contributed by atoms with Crippen molar-refractivity contribution in [2.45, 2.75) is 70.7 Å². The van der Waals surface area contributed by atoms with Gasteiger partial charge in [0.2, 0.25) is 0 Å². The van der Waals surface area contributed by atoms with E-state index < -0.39 is 30.2 Å². The monoisotopic (exact) mass is 417 g/mol. The maximum atomic E-state index is 12.3. The van der Waals surface area contributed by atoms with Gasteiger partial charge in [-0.15, -0.1) is 0 Å². The van der Waals surface area contributed by atoms with E-state index in [1.165, 1.54) is 14.2 Å². The van der Waals surface area contributed by atoms with E-state index in [0.717, 1.165) is 5.57 Å². The lowest BCUT2D eigenvalue weighted by Gasteiger charge is -2.46. The molecule has 0 aromatic rings. The van der Waals surface area contributed by atoms with Crippen molar-refractivity contribution in [1.29, 1.82) is 0 Å². The fraction of sp³-hybridized carbons (Fsp3) is 0.857. The Kier molecular flexibility index (Phi) is 11.3. The van der Waals surface area contributed by atoms with Crippen LogP contribution >= 0.6 is 0 Å². The van der Waals surface area contributed by atoms with E-state index >= 15 is 0 Å². The van der Waals surface area contributed by atoms with Crippen molar-refractivity contribution in [3.05, 3.63) is 11.6 Å². The van der Waals surface area contributed by atoms with Crippen molar-refractivity contribution in [2.24, 2.45) is 5.92 Å². The second-order valence-corrected chi connectivity index (χ2v) is 8.13. The minimum Gasteiger partial charge on any atom is -0.459 e. The Balaban J connectivity index is 2.72. The third-order valence-electron chi connectivity index (χ3n) is 5.29. The lowest BCUT2D eigenvalue weighted by Crippen LogP contribution is -2.57. The summed E-state index contributed by atoms with van der Waals surface area (Å²) in [5.74, 6) is -0.717. The second kappa shape index (κ2) is 12.6. The SMILES string of the molecule is COC(CNCC(=O)O[C@@H]1CC[C@@H](O)[C@@H](C(C)(C)OCC=C(C)C)[C@@H]1OC)OC. The lowest BCUT2D eigenvalue weighted by atomic mass is 9.73. The zero-order valence-electron chi connectivity index (χ0n) is 18.9. The number of aliphatic hydroxyl groups is 1. The zero-order valence-corrected chi connectivity index (χ0v) is 18.9. The first-order valence-electron chi connectivity index (χ1n) is 10.1. The molecule has 1 saturated carbocycles. The van der Waals surface area contributed by atoms with E-state index in [9.17, 15) is 9.90 Å². The van der Waals surface area contributed by atoms with Gasteiger partial charge in [0.15, 0.2) is 6.29 Å². The van der Waals surface area contributed by atoms with Crippen molar-refractivity contribution in [2.75, 3.05) is 41.0 Å². The largest absolute Gasteiger partial charge is 0.459 e. The highest BCUT2D eigenvalue weighted by atomic mass is 16.7. The van der Waals surface area contributed by atoms with Gasteiger partial charge in [-0.2, -0.15) is 0 Å². The minimum atomic E-state index is -0.653. The Hall–Kier alpha value is -1.03. The predicted molar refractivity (Wildman–Crippen MR) is 110 cm³/mol. The summed E-state index contributed by atoms with van der Waals surface area (Å²) in [6, 6.07) is 0. The fourth-order valence-corrected chi connectivity index (χ4v) is 3.70. The van der Waals surface area contributed by atoms with Gasteiger partial charge in [0, 0.05) is 33.8 Å². The normalized spacial score (nSPS) is 25.1. The molecule has 8 heteroatoms. The molecule has 0 heterocycles. The molecule has 8 nitrogen and oxygen atoms in total. The molecule has 0 saturated heterocycles. The van der Waals surface area contributed by atoms with Crippen LogP contribution in [0.15, 0.2) is 11.6 Å². The fourth-order valence-electron chi connectivity index (χ4n) is 3.70. The third-order valence-corrected chi connectivity index (χ3v) is 5.29. The molecule has 0 unspecified atom stereocenters. The number of methoxy groups -OCH3 is 3. The Labute approximate surface area is 174 Å². The number of aliphatic hydroxyl groups excluding tert-OH is 1. The maximum absolute atomic E-state index is 12.3. The number of nitrogens with one attached hydrogen (secondary N) is 1. The number of carbonyl (C=O) groups excluding carboxylic acids is 1. The summed E-state index contributed by atoms with van der Waals surface area (Å²) in [6.45, 7) is 8.74. The van der Waals surface area contributed by atoms with Gasteiger partial charge < -0.3 is 34.1 Å². The highest BCUT2D eigenvalue weighted by molar-refractivity contribution is 5.71. The van der Waals surface area contributed by atoms with E-state index in [1.54, 1.807) is 7.11 Å². The second-order valence-electron chi connectivity index (χ2n) is 8.13. The van der Waals surface area contributed by atoms with Gasteiger partial charge in [0.1, 0.15) is 12.2 Å². The van der Waals surface area contributed by atoms with Gasteiger partial charge in [-0.1, -0.05) is 11.6 Å². The highest BCUT2D eigenvalue weighted by Gasteiger charge is 2.49. The summed E-state index contributed by atoms with van der Waals surface area (Å²) < 4.78 is 27.6. The first-order chi connectivity index (χ1) is 13.7. The summed E-state index contributed by atoms with van der Waals surface area (Å²) in [5, 5.41) is 13.6. The van der Waals surface area contributed by atoms with Crippen molar-refractivity contribution in [1.82, 2.24) is 5.32 Å². The molecule has 1 fully saturated rings. The highest BCUT2D eigenvalue weighted by Crippen LogP contribution is 2.38. The smallest absolute Gasteiger partial charge is 0.320 e. The van der Waals surface area contributed by atoms with E-state index in [4.69, 9.17) is 23.7 Å². The predicted octanol–water partition coefficient (Wildman–Crippen LogP) is 1.65. The van der Waals surface area contributed by atoms with Crippen molar-refractivity contribution in [3.63, 3.8) is 0 Å². The number of rotatable bonds is 12.